The maximum atomic E-state index is 12.1. The van der Waals surface area contributed by atoms with Crippen molar-refractivity contribution in [1.29, 1.82) is 0 Å². The topological polar surface area (TPSA) is 98.8 Å². The minimum Gasteiger partial charge on any atom is -0.497 e. The number of thiophene rings is 1. The van der Waals surface area contributed by atoms with Crippen LogP contribution >= 0.6 is 11.3 Å². The third-order valence-corrected chi connectivity index (χ3v) is 4.83. The molecule has 0 fully saturated rings. The molecular weight excluding hydrogens is 382 g/mol. The van der Waals surface area contributed by atoms with Gasteiger partial charge >= 0.3 is 5.97 Å². The summed E-state index contributed by atoms with van der Waals surface area (Å²) in [4.78, 5) is 49.5. The SMILES string of the molecule is COc1ccc(C(=O)NC(=O)COC(=O)CCC(=O)c2cc(C)sc2C)cc1. The van der Waals surface area contributed by atoms with E-state index in [4.69, 9.17) is 9.47 Å². The van der Waals surface area contributed by atoms with Gasteiger partial charge in [0, 0.05) is 27.3 Å². The first-order valence-corrected chi connectivity index (χ1v) is 9.36. The van der Waals surface area contributed by atoms with Crippen molar-refractivity contribution in [2.24, 2.45) is 0 Å². The highest BCUT2D eigenvalue weighted by Crippen LogP contribution is 2.22. The number of benzene rings is 1. The van der Waals surface area contributed by atoms with E-state index < -0.39 is 24.4 Å². The number of rotatable bonds is 8. The maximum absolute atomic E-state index is 12.1. The first-order valence-electron chi connectivity index (χ1n) is 8.54. The summed E-state index contributed by atoms with van der Waals surface area (Å²) in [6.45, 7) is 3.17. The van der Waals surface area contributed by atoms with Crippen molar-refractivity contribution in [3.05, 3.63) is 51.2 Å². The van der Waals surface area contributed by atoms with E-state index in [1.54, 1.807) is 18.2 Å². The van der Waals surface area contributed by atoms with Crippen LogP contribution in [-0.4, -0.2) is 37.3 Å². The van der Waals surface area contributed by atoms with Gasteiger partial charge in [-0.3, -0.25) is 24.5 Å². The molecule has 0 saturated heterocycles. The molecule has 1 N–H and O–H groups in total. The lowest BCUT2D eigenvalue weighted by Gasteiger charge is -2.06. The van der Waals surface area contributed by atoms with Crippen molar-refractivity contribution in [1.82, 2.24) is 5.32 Å². The average Bonchev–Trinajstić information content (AvgIpc) is 3.02. The Kier molecular flexibility index (Phi) is 7.45. The molecule has 1 heterocycles. The van der Waals surface area contributed by atoms with Crippen LogP contribution in [0.1, 0.15) is 43.3 Å². The molecule has 0 aliphatic heterocycles. The van der Waals surface area contributed by atoms with Crippen molar-refractivity contribution in [3.8, 4) is 5.75 Å². The number of ketones is 1. The molecule has 0 radical (unpaired) electrons. The highest BCUT2D eigenvalue weighted by molar-refractivity contribution is 7.12. The van der Waals surface area contributed by atoms with Crippen LogP contribution < -0.4 is 10.1 Å². The molecule has 0 aliphatic rings. The van der Waals surface area contributed by atoms with E-state index in [-0.39, 0.29) is 24.2 Å². The Morgan fingerprint density at radius 1 is 1.04 bits per heavy atom. The van der Waals surface area contributed by atoms with Crippen molar-refractivity contribution >= 4 is 34.9 Å². The molecule has 2 amide bonds. The number of methoxy groups -OCH3 is 1. The van der Waals surface area contributed by atoms with E-state index >= 15 is 0 Å². The van der Waals surface area contributed by atoms with Gasteiger partial charge in [0.05, 0.1) is 13.5 Å². The van der Waals surface area contributed by atoms with Gasteiger partial charge in [-0.25, -0.2) is 0 Å². The Balaban J connectivity index is 1.74. The van der Waals surface area contributed by atoms with Crippen LogP contribution in [0.25, 0.3) is 0 Å². The Hall–Kier alpha value is -3.00. The molecule has 2 rings (SSSR count). The van der Waals surface area contributed by atoms with Crippen LogP contribution in [0.4, 0.5) is 0 Å². The van der Waals surface area contributed by atoms with E-state index in [1.807, 2.05) is 13.8 Å². The molecule has 0 atom stereocenters. The Labute approximate surface area is 166 Å². The van der Waals surface area contributed by atoms with Gasteiger partial charge in [0.2, 0.25) is 0 Å². The summed E-state index contributed by atoms with van der Waals surface area (Å²) in [5.74, 6) is -1.59. The van der Waals surface area contributed by atoms with Gasteiger partial charge in [-0.2, -0.15) is 0 Å². The third kappa shape index (κ3) is 6.02. The summed E-state index contributed by atoms with van der Waals surface area (Å²) in [5.41, 5.74) is 0.880. The standard InChI is InChI=1S/C20H21NO6S/c1-12-10-16(13(2)28-12)17(22)8-9-19(24)27-11-18(23)21-20(25)14-4-6-15(26-3)7-5-14/h4-7,10H,8-9,11H2,1-3H3,(H,21,23,25). The predicted octanol–water partition coefficient (Wildman–Crippen LogP) is 2.84. The number of carbonyl (C=O) groups is 4. The Bertz CT molecular complexity index is 885. The van der Waals surface area contributed by atoms with E-state index in [2.05, 4.69) is 5.32 Å². The van der Waals surface area contributed by atoms with Gasteiger partial charge in [-0.1, -0.05) is 0 Å². The average molecular weight is 403 g/mol. The molecule has 7 nitrogen and oxygen atoms in total. The number of imide groups is 1. The minimum atomic E-state index is -0.746. The number of Topliss-reactive ketones (excluding diaryl/α,β-unsaturated/α-hetero) is 1. The number of carbonyl (C=O) groups excluding carboxylic acids is 4. The number of ether oxygens (including phenoxy) is 2. The van der Waals surface area contributed by atoms with Gasteiger partial charge in [0.15, 0.2) is 12.4 Å². The summed E-state index contributed by atoms with van der Waals surface area (Å²) >= 11 is 1.52. The fourth-order valence-electron chi connectivity index (χ4n) is 2.45. The van der Waals surface area contributed by atoms with Crippen molar-refractivity contribution < 1.29 is 28.7 Å². The van der Waals surface area contributed by atoms with E-state index in [9.17, 15) is 19.2 Å². The molecule has 8 heteroatoms. The highest BCUT2D eigenvalue weighted by Gasteiger charge is 2.16. The zero-order valence-corrected chi connectivity index (χ0v) is 16.7. The first-order chi connectivity index (χ1) is 13.3. The number of esters is 1. The van der Waals surface area contributed by atoms with Crippen LogP contribution in [-0.2, 0) is 14.3 Å². The molecule has 0 bridgehead atoms. The molecule has 0 unspecified atom stereocenters. The summed E-state index contributed by atoms with van der Waals surface area (Å²) < 4.78 is 9.82. The zero-order valence-electron chi connectivity index (χ0n) is 15.9. The molecular formula is C20H21NO6S. The first kappa shape index (κ1) is 21.3. The smallest absolute Gasteiger partial charge is 0.306 e. The van der Waals surface area contributed by atoms with E-state index in [1.165, 1.54) is 30.6 Å². The van der Waals surface area contributed by atoms with Gasteiger partial charge < -0.3 is 9.47 Å². The van der Waals surface area contributed by atoms with E-state index in [0.717, 1.165) is 9.75 Å². The highest BCUT2D eigenvalue weighted by atomic mass is 32.1. The number of nitrogens with one attached hydrogen (secondary N) is 1. The second kappa shape index (κ2) is 9.80. The normalized spacial score (nSPS) is 10.2. The van der Waals surface area contributed by atoms with Crippen molar-refractivity contribution in [3.63, 3.8) is 0 Å². The fraction of sp³-hybridized carbons (Fsp3) is 0.300. The zero-order chi connectivity index (χ0) is 20.7. The fourth-order valence-corrected chi connectivity index (χ4v) is 3.40. The molecule has 28 heavy (non-hydrogen) atoms. The van der Waals surface area contributed by atoms with Gasteiger partial charge in [0.25, 0.3) is 11.8 Å². The number of aryl methyl sites for hydroxylation is 2. The lowest BCUT2D eigenvalue weighted by Crippen LogP contribution is -2.34. The quantitative estimate of drug-likeness (QED) is 0.538. The Morgan fingerprint density at radius 3 is 2.29 bits per heavy atom. The minimum absolute atomic E-state index is 0.00223. The van der Waals surface area contributed by atoms with Gasteiger partial charge in [0.1, 0.15) is 5.75 Å². The van der Waals surface area contributed by atoms with Crippen molar-refractivity contribution in [2.75, 3.05) is 13.7 Å². The largest absolute Gasteiger partial charge is 0.497 e. The molecule has 0 saturated carbocycles. The van der Waals surface area contributed by atoms with E-state index in [0.29, 0.717) is 11.3 Å². The lowest BCUT2D eigenvalue weighted by atomic mass is 10.1. The number of hydrogen-bond donors (Lipinski definition) is 1. The van der Waals surface area contributed by atoms with Crippen LogP contribution in [0.3, 0.4) is 0 Å². The summed E-state index contributed by atoms with van der Waals surface area (Å²) in [6, 6.07) is 7.99. The van der Waals surface area contributed by atoms with Crippen LogP contribution in [0.5, 0.6) is 5.75 Å². The predicted molar refractivity (Wildman–Crippen MR) is 104 cm³/mol. The maximum Gasteiger partial charge on any atom is 0.306 e. The molecule has 0 aliphatic carbocycles. The number of amides is 2. The third-order valence-electron chi connectivity index (χ3n) is 3.87. The second-order valence-electron chi connectivity index (χ2n) is 6.02. The van der Waals surface area contributed by atoms with Gasteiger partial charge in [-0.05, 0) is 44.2 Å². The number of hydrogen-bond acceptors (Lipinski definition) is 7. The molecule has 1 aromatic heterocycles. The summed E-state index contributed by atoms with van der Waals surface area (Å²) in [7, 11) is 1.50. The molecule has 2 aromatic rings. The molecule has 1 aromatic carbocycles. The van der Waals surface area contributed by atoms with Crippen LogP contribution in [0.2, 0.25) is 0 Å². The van der Waals surface area contributed by atoms with Gasteiger partial charge in [-0.15, -0.1) is 11.3 Å². The summed E-state index contributed by atoms with van der Waals surface area (Å²) in [5, 5.41) is 2.13. The van der Waals surface area contributed by atoms with Crippen molar-refractivity contribution in [2.45, 2.75) is 26.7 Å². The van der Waals surface area contributed by atoms with Crippen LogP contribution in [0, 0.1) is 13.8 Å². The van der Waals surface area contributed by atoms with Crippen LogP contribution in [0.15, 0.2) is 30.3 Å². The molecule has 148 valence electrons. The lowest BCUT2D eigenvalue weighted by molar-refractivity contribution is -0.148. The second-order valence-corrected chi connectivity index (χ2v) is 7.48. The Morgan fingerprint density at radius 2 is 1.71 bits per heavy atom. The monoisotopic (exact) mass is 403 g/mol. The summed E-state index contributed by atoms with van der Waals surface area (Å²) in [6.07, 6.45) is -0.130. The molecule has 0 spiro atoms.